The van der Waals surface area contributed by atoms with Crippen LogP contribution < -0.4 is 0 Å². The highest BCUT2D eigenvalue weighted by atomic mass is 16.3. The molecule has 1 heterocycles. The summed E-state index contributed by atoms with van der Waals surface area (Å²) >= 11 is 0. The first kappa shape index (κ1) is 13.0. The summed E-state index contributed by atoms with van der Waals surface area (Å²) in [4.78, 5) is 0. The lowest BCUT2D eigenvalue weighted by Gasteiger charge is -2.00. The molecule has 0 saturated heterocycles. The number of benzene rings is 1. The molecule has 96 valence electrons. The van der Waals surface area contributed by atoms with E-state index in [1.165, 1.54) is 0 Å². The molecule has 19 heavy (non-hydrogen) atoms. The molecule has 1 aromatic carbocycles. The summed E-state index contributed by atoms with van der Waals surface area (Å²) in [7, 11) is 1.84. The van der Waals surface area contributed by atoms with E-state index < -0.39 is 0 Å². The van der Waals surface area contributed by atoms with Gasteiger partial charge in [0, 0.05) is 18.8 Å². The topological polar surface area (TPSA) is 38.0 Å². The first-order valence-electron chi connectivity index (χ1n) is 6.21. The SMILES string of the molecule is CC/C=C/C#Cc1cn(C)nc1-c1ccccc1O. The number of nitrogens with zero attached hydrogens (tertiary/aromatic N) is 2. The van der Waals surface area contributed by atoms with E-state index in [-0.39, 0.29) is 5.75 Å². The van der Waals surface area contributed by atoms with Gasteiger partial charge in [-0.3, -0.25) is 4.68 Å². The summed E-state index contributed by atoms with van der Waals surface area (Å²) < 4.78 is 1.70. The molecule has 3 nitrogen and oxygen atoms in total. The van der Waals surface area contributed by atoms with Crippen LogP contribution in [0.25, 0.3) is 11.3 Å². The van der Waals surface area contributed by atoms with Gasteiger partial charge in [0.2, 0.25) is 0 Å². The number of rotatable bonds is 2. The minimum absolute atomic E-state index is 0.216. The molecule has 0 bridgehead atoms. The van der Waals surface area contributed by atoms with Gasteiger partial charge in [-0.25, -0.2) is 0 Å². The summed E-state index contributed by atoms with van der Waals surface area (Å²) in [6.45, 7) is 2.07. The van der Waals surface area contributed by atoms with Crippen molar-refractivity contribution in [3.63, 3.8) is 0 Å². The van der Waals surface area contributed by atoms with E-state index in [0.29, 0.717) is 11.3 Å². The monoisotopic (exact) mass is 252 g/mol. The summed E-state index contributed by atoms with van der Waals surface area (Å²) in [6, 6.07) is 7.15. The molecule has 1 aromatic heterocycles. The molecule has 0 atom stereocenters. The Hall–Kier alpha value is -2.47. The minimum atomic E-state index is 0.216. The third-order valence-corrected chi connectivity index (χ3v) is 2.63. The first-order valence-corrected chi connectivity index (χ1v) is 6.21. The van der Waals surface area contributed by atoms with Crippen molar-refractivity contribution in [3.05, 3.63) is 48.2 Å². The van der Waals surface area contributed by atoms with E-state index in [4.69, 9.17) is 0 Å². The second-order valence-corrected chi connectivity index (χ2v) is 4.16. The standard InChI is InChI=1S/C16H16N2O/c1-3-4-5-6-9-13-12-18(2)17-16(13)14-10-7-8-11-15(14)19/h4-5,7-8,10-12,19H,3H2,1-2H3/b5-4+. The van der Waals surface area contributed by atoms with Crippen molar-refractivity contribution in [3.8, 4) is 28.8 Å². The molecular formula is C16H16N2O. The van der Waals surface area contributed by atoms with Gasteiger partial charge in [0.15, 0.2) is 0 Å². The highest BCUT2D eigenvalue weighted by Gasteiger charge is 2.11. The largest absolute Gasteiger partial charge is 0.507 e. The lowest BCUT2D eigenvalue weighted by Crippen LogP contribution is -1.88. The van der Waals surface area contributed by atoms with Crippen LogP contribution in [0.4, 0.5) is 0 Å². The van der Waals surface area contributed by atoms with Crippen molar-refractivity contribution in [1.82, 2.24) is 9.78 Å². The van der Waals surface area contributed by atoms with Gasteiger partial charge < -0.3 is 5.11 Å². The third-order valence-electron chi connectivity index (χ3n) is 2.63. The Labute approximate surface area is 113 Å². The second-order valence-electron chi connectivity index (χ2n) is 4.16. The van der Waals surface area contributed by atoms with Crippen LogP contribution >= 0.6 is 0 Å². The predicted molar refractivity (Wildman–Crippen MR) is 76.6 cm³/mol. The Morgan fingerprint density at radius 1 is 1.37 bits per heavy atom. The Kier molecular flexibility index (Phi) is 4.04. The zero-order chi connectivity index (χ0) is 13.7. The summed E-state index contributed by atoms with van der Waals surface area (Å²) in [6.07, 6.45) is 6.66. The molecule has 0 radical (unpaired) electrons. The molecular weight excluding hydrogens is 236 g/mol. The fourth-order valence-corrected chi connectivity index (χ4v) is 1.75. The zero-order valence-corrected chi connectivity index (χ0v) is 11.1. The van der Waals surface area contributed by atoms with E-state index in [0.717, 1.165) is 12.0 Å². The first-order chi connectivity index (χ1) is 9.22. The maximum absolute atomic E-state index is 9.90. The van der Waals surface area contributed by atoms with Crippen molar-refractivity contribution in [2.24, 2.45) is 7.05 Å². The van der Waals surface area contributed by atoms with Crippen molar-refractivity contribution < 1.29 is 5.11 Å². The van der Waals surface area contributed by atoms with E-state index in [9.17, 15) is 5.11 Å². The van der Waals surface area contributed by atoms with Gasteiger partial charge in [-0.15, -0.1) is 0 Å². The number of phenolic OH excluding ortho intramolecular Hbond substituents is 1. The average molecular weight is 252 g/mol. The molecule has 2 rings (SSSR count). The van der Waals surface area contributed by atoms with Gasteiger partial charge in [0.1, 0.15) is 11.4 Å². The van der Waals surface area contributed by atoms with Gasteiger partial charge in [-0.2, -0.15) is 5.10 Å². The van der Waals surface area contributed by atoms with Crippen LogP contribution in [0.5, 0.6) is 5.75 Å². The van der Waals surface area contributed by atoms with Crippen molar-refractivity contribution in [1.29, 1.82) is 0 Å². The Bertz CT molecular complexity index is 657. The van der Waals surface area contributed by atoms with Gasteiger partial charge in [-0.05, 0) is 24.6 Å². The van der Waals surface area contributed by atoms with Crippen LogP contribution in [-0.4, -0.2) is 14.9 Å². The van der Waals surface area contributed by atoms with Crippen LogP contribution in [-0.2, 0) is 7.05 Å². The lowest BCUT2D eigenvalue weighted by atomic mass is 10.1. The molecule has 3 heteroatoms. The molecule has 0 unspecified atom stereocenters. The Morgan fingerprint density at radius 3 is 2.89 bits per heavy atom. The number of hydrogen-bond donors (Lipinski definition) is 1. The molecule has 0 saturated carbocycles. The molecule has 0 aliphatic rings. The van der Waals surface area contributed by atoms with Gasteiger partial charge >= 0.3 is 0 Å². The fraction of sp³-hybridized carbons (Fsp3) is 0.188. The van der Waals surface area contributed by atoms with E-state index in [2.05, 4.69) is 23.9 Å². The van der Waals surface area contributed by atoms with Gasteiger partial charge in [0.05, 0.1) is 5.56 Å². The average Bonchev–Trinajstić information content (AvgIpc) is 2.76. The van der Waals surface area contributed by atoms with Crippen molar-refractivity contribution in [2.45, 2.75) is 13.3 Å². The highest BCUT2D eigenvalue weighted by Crippen LogP contribution is 2.29. The van der Waals surface area contributed by atoms with E-state index in [1.807, 2.05) is 37.5 Å². The summed E-state index contributed by atoms with van der Waals surface area (Å²) in [5.41, 5.74) is 2.22. The normalized spacial score (nSPS) is 10.4. The van der Waals surface area contributed by atoms with E-state index >= 15 is 0 Å². The van der Waals surface area contributed by atoms with Crippen LogP contribution in [0.3, 0.4) is 0 Å². The Balaban J connectivity index is 2.44. The summed E-state index contributed by atoms with van der Waals surface area (Å²) in [5, 5.41) is 14.3. The molecule has 2 aromatic rings. The van der Waals surface area contributed by atoms with Crippen LogP contribution in [0, 0.1) is 11.8 Å². The number of hydrogen-bond acceptors (Lipinski definition) is 2. The predicted octanol–water partition coefficient (Wildman–Crippen LogP) is 3.11. The third kappa shape index (κ3) is 3.05. The Morgan fingerprint density at radius 2 is 2.16 bits per heavy atom. The molecule has 0 amide bonds. The molecule has 0 spiro atoms. The number of aromatic nitrogens is 2. The van der Waals surface area contributed by atoms with Crippen LogP contribution in [0.1, 0.15) is 18.9 Å². The fourth-order valence-electron chi connectivity index (χ4n) is 1.75. The number of aryl methyl sites for hydroxylation is 1. The molecule has 0 aliphatic carbocycles. The smallest absolute Gasteiger partial charge is 0.125 e. The van der Waals surface area contributed by atoms with Gasteiger partial charge in [-0.1, -0.05) is 37.0 Å². The number of phenols is 1. The maximum atomic E-state index is 9.90. The van der Waals surface area contributed by atoms with Crippen molar-refractivity contribution in [2.75, 3.05) is 0 Å². The minimum Gasteiger partial charge on any atom is -0.507 e. The van der Waals surface area contributed by atoms with Crippen molar-refractivity contribution >= 4 is 0 Å². The van der Waals surface area contributed by atoms with Crippen LogP contribution in [0.15, 0.2) is 42.6 Å². The summed E-state index contributed by atoms with van der Waals surface area (Å²) in [5.74, 6) is 6.26. The number of allylic oxidation sites excluding steroid dienone is 2. The zero-order valence-electron chi connectivity index (χ0n) is 11.1. The number of para-hydroxylation sites is 1. The quantitative estimate of drug-likeness (QED) is 0.834. The van der Waals surface area contributed by atoms with Crippen LogP contribution in [0.2, 0.25) is 0 Å². The molecule has 0 aliphatic heterocycles. The lowest BCUT2D eigenvalue weighted by molar-refractivity contribution is 0.477. The molecule has 1 N–H and O–H groups in total. The molecule has 0 fully saturated rings. The highest BCUT2D eigenvalue weighted by molar-refractivity contribution is 5.72. The maximum Gasteiger partial charge on any atom is 0.125 e. The van der Waals surface area contributed by atoms with Gasteiger partial charge in [0.25, 0.3) is 0 Å². The van der Waals surface area contributed by atoms with E-state index in [1.54, 1.807) is 16.8 Å². The number of aromatic hydroxyl groups is 1. The second kappa shape index (κ2) is 5.92.